The van der Waals surface area contributed by atoms with Crippen LogP contribution in [0.1, 0.15) is 11.3 Å². The molecule has 8 heteroatoms. The third-order valence-corrected chi connectivity index (χ3v) is 5.31. The van der Waals surface area contributed by atoms with Crippen molar-refractivity contribution in [1.82, 2.24) is 15.0 Å². The zero-order valence-electron chi connectivity index (χ0n) is 17.3. The molecule has 5 rings (SSSR count). The van der Waals surface area contributed by atoms with Crippen molar-refractivity contribution in [3.05, 3.63) is 105 Å². The van der Waals surface area contributed by atoms with Gasteiger partial charge < -0.3 is 14.3 Å². The van der Waals surface area contributed by atoms with E-state index in [9.17, 15) is 9.90 Å². The highest BCUT2D eigenvalue weighted by molar-refractivity contribution is 6.30. The maximum Gasteiger partial charge on any atom is 0.193 e. The third-order valence-electron chi connectivity index (χ3n) is 5.06. The van der Waals surface area contributed by atoms with E-state index in [1.54, 1.807) is 53.3 Å². The van der Waals surface area contributed by atoms with Crippen LogP contribution >= 0.6 is 11.6 Å². The molecule has 0 saturated heterocycles. The number of hydrogen-bond acceptors (Lipinski definition) is 6. The van der Waals surface area contributed by atoms with Gasteiger partial charge in [-0.2, -0.15) is 0 Å². The first-order chi connectivity index (χ1) is 16.0. The number of halogens is 1. The quantitative estimate of drug-likeness (QED) is 0.382. The number of phenolic OH excluding ortho intramolecular Hbond substituents is 1. The lowest BCUT2D eigenvalue weighted by Gasteiger charge is -2.06. The Kier molecular flexibility index (Phi) is 5.54. The minimum absolute atomic E-state index is 0.123. The zero-order valence-corrected chi connectivity index (χ0v) is 18.1. The lowest BCUT2D eigenvalue weighted by molar-refractivity contribution is 0.299. The standard InChI is InChI=1S/C25H18ClN3O4/c26-18-7-5-17(6-8-18)25-12-23(31)22-10-16(4-9-24(22)33-25)13-29-14-19(27-28-29)15-32-21-3-1-2-20(30)11-21/h1-12,14,30H,13,15H2. The van der Waals surface area contributed by atoms with Gasteiger partial charge in [0.1, 0.15) is 35.1 Å². The maximum atomic E-state index is 12.7. The topological polar surface area (TPSA) is 90.4 Å². The monoisotopic (exact) mass is 459 g/mol. The number of rotatable bonds is 6. The molecule has 0 radical (unpaired) electrons. The number of ether oxygens (including phenoxy) is 1. The van der Waals surface area contributed by atoms with Crippen LogP contribution in [0.2, 0.25) is 5.02 Å². The van der Waals surface area contributed by atoms with Crippen LogP contribution in [0.25, 0.3) is 22.3 Å². The molecule has 0 aliphatic rings. The van der Waals surface area contributed by atoms with Crippen LogP contribution in [0.5, 0.6) is 11.5 Å². The molecule has 33 heavy (non-hydrogen) atoms. The molecule has 5 aromatic rings. The fraction of sp³-hybridized carbons (Fsp3) is 0.0800. The summed E-state index contributed by atoms with van der Waals surface area (Å²) in [5, 5.41) is 18.9. The van der Waals surface area contributed by atoms with Crippen LogP contribution in [-0.4, -0.2) is 20.1 Å². The van der Waals surface area contributed by atoms with Gasteiger partial charge in [0.15, 0.2) is 5.43 Å². The second-order valence-corrected chi connectivity index (χ2v) is 7.94. The Morgan fingerprint density at radius 2 is 1.88 bits per heavy atom. The van der Waals surface area contributed by atoms with Crippen molar-refractivity contribution in [2.24, 2.45) is 0 Å². The fourth-order valence-corrected chi connectivity index (χ4v) is 3.58. The first-order valence-electron chi connectivity index (χ1n) is 10.2. The Hall–Kier alpha value is -4.10. The molecule has 0 spiro atoms. The summed E-state index contributed by atoms with van der Waals surface area (Å²) in [5.41, 5.74) is 2.70. The van der Waals surface area contributed by atoms with E-state index >= 15 is 0 Å². The molecule has 2 aromatic heterocycles. The molecule has 0 fully saturated rings. The van der Waals surface area contributed by atoms with Crippen molar-refractivity contribution in [2.75, 3.05) is 0 Å². The van der Waals surface area contributed by atoms with Gasteiger partial charge in [-0.3, -0.25) is 4.79 Å². The van der Waals surface area contributed by atoms with Gasteiger partial charge in [0.25, 0.3) is 0 Å². The summed E-state index contributed by atoms with van der Waals surface area (Å²) in [6, 6.07) is 20.7. The van der Waals surface area contributed by atoms with E-state index in [0.717, 1.165) is 11.1 Å². The SMILES string of the molecule is O=c1cc(-c2ccc(Cl)cc2)oc2ccc(Cn3cc(COc4cccc(O)c4)nn3)cc12. The fourth-order valence-electron chi connectivity index (χ4n) is 3.46. The van der Waals surface area contributed by atoms with E-state index in [2.05, 4.69) is 10.3 Å². The van der Waals surface area contributed by atoms with Crippen molar-refractivity contribution in [2.45, 2.75) is 13.2 Å². The van der Waals surface area contributed by atoms with Crippen molar-refractivity contribution >= 4 is 22.6 Å². The summed E-state index contributed by atoms with van der Waals surface area (Å²) >= 11 is 5.94. The van der Waals surface area contributed by atoms with E-state index < -0.39 is 0 Å². The molecule has 7 nitrogen and oxygen atoms in total. The van der Waals surface area contributed by atoms with E-state index in [-0.39, 0.29) is 17.8 Å². The van der Waals surface area contributed by atoms with E-state index in [1.165, 1.54) is 12.1 Å². The smallest absolute Gasteiger partial charge is 0.193 e. The summed E-state index contributed by atoms with van der Waals surface area (Å²) in [7, 11) is 0. The number of fused-ring (bicyclic) bond motifs is 1. The van der Waals surface area contributed by atoms with E-state index in [0.29, 0.717) is 39.7 Å². The summed E-state index contributed by atoms with van der Waals surface area (Å²) < 4.78 is 13.2. The molecule has 0 aliphatic carbocycles. The molecule has 0 saturated carbocycles. The van der Waals surface area contributed by atoms with Crippen LogP contribution in [0, 0.1) is 0 Å². The van der Waals surface area contributed by atoms with Crippen LogP contribution in [-0.2, 0) is 13.2 Å². The number of benzene rings is 3. The van der Waals surface area contributed by atoms with Gasteiger partial charge in [-0.15, -0.1) is 5.10 Å². The largest absolute Gasteiger partial charge is 0.508 e. The molecule has 0 bridgehead atoms. The summed E-state index contributed by atoms with van der Waals surface area (Å²) in [5.74, 6) is 1.17. The summed E-state index contributed by atoms with van der Waals surface area (Å²) in [4.78, 5) is 12.7. The Morgan fingerprint density at radius 3 is 2.70 bits per heavy atom. The molecule has 0 atom stereocenters. The van der Waals surface area contributed by atoms with E-state index in [4.69, 9.17) is 20.8 Å². The predicted octanol–water partition coefficient (Wildman–Crippen LogP) is 5.04. The van der Waals surface area contributed by atoms with Crippen LogP contribution in [0.4, 0.5) is 0 Å². The number of hydrogen-bond donors (Lipinski definition) is 1. The lowest BCUT2D eigenvalue weighted by atomic mass is 10.1. The maximum absolute atomic E-state index is 12.7. The molecule has 1 N–H and O–H groups in total. The predicted molar refractivity (Wildman–Crippen MR) is 124 cm³/mol. The molecule has 0 amide bonds. The Morgan fingerprint density at radius 1 is 1.03 bits per heavy atom. The highest BCUT2D eigenvalue weighted by Gasteiger charge is 2.09. The Bertz CT molecular complexity index is 1490. The molecule has 0 aliphatic heterocycles. The highest BCUT2D eigenvalue weighted by atomic mass is 35.5. The van der Waals surface area contributed by atoms with Crippen LogP contribution in [0.3, 0.4) is 0 Å². The summed E-state index contributed by atoms with van der Waals surface area (Å²) in [6.45, 7) is 0.658. The van der Waals surface area contributed by atoms with Gasteiger partial charge in [0.05, 0.1) is 18.1 Å². The molecule has 3 aromatic carbocycles. The average molecular weight is 460 g/mol. The number of aromatic hydroxyl groups is 1. The zero-order chi connectivity index (χ0) is 22.8. The van der Waals surface area contributed by atoms with Gasteiger partial charge in [0.2, 0.25) is 0 Å². The second-order valence-electron chi connectivity index (χ2n) is 7.51. The lowest BCUT2D eigenvalue weighted by Crippen LogP contribution is -2.04. The molecule has 164 valence electrons. The molecular formula is C25H18ClN3O4. The molecule has 2 heterocycles. The Balaban J connectivity index is 1.32. The first-order valence-corrected chi connectivity index (χ1v) is 10.5. The van der Waals surface area contributed by atoms with Crippen molar-refractivity contribution in [1.29, 1.82) is 0 Å². The van der Waals surface area contributed by atoms with Crippen LogP contribution in [0.15, 0.2) is 88.2 Å². The summed E-state index contributed by atoms with van der Waals surface area (Å²) in [6.07, 6.45) is 1.78. The Labute approximate surface area is 193 Å². The van der Waals surface area contributed by atoms with Gasteiger partial charge in [-0.1, -0.05) is 28.9 Å². The first kappa shape index (κ1) is 20.8. The molecular weight excluding hydrogens is 442 g/mol. The minimum Gasteiger partial charge on any atom is -0.508 e. The van der Waals surface area contributed by atoms with Crippen LogP contribution < -0.4 is 10.2 Å². The van der Waals surface area contributed by atoms with Crippen molar-refractivity contribution < 1.29 is 14.3 Å². The van der Waals surface area contributed by atoms with Gasteiger partial charge in [-0.05, 0) is 54.1 Å². The second kappa shape index (κ2) is 8.80. The molecule has 0 unspecified atom stereocenters. The number of phenols is 1. The van der Waals surface area contributed by atoms with Crippen molar-refractivity contribution in [3.8, 4) is 22.8 Å². The average Bonchev–Trinajstić information content (AvgIpc) is 3.26. The van der Waals surface area contributed by atoms with Crippen molar-refractivity contribution in [3.63, 3.8) is 0 Å². The van der Waals surface area contributed by atoms with Gasteiger partial charge >= 0.3 is 0 Å². The number of aromatic nitrogens is 3. The van der Waals surface area contributed by atoms with Gasteiger partial charge in [-0.25, -0.2) is 4.68 Å². The highest BCUT2D eigenvalue weighted by Crippen LogP contribution is 2.24. The van der Waals surface area contributed by atoms with E-state index in [1.807, 2.05) is 18.2 Å². The minimum atomic E-state index is -0.123. The number of nitrogens with zero attached hydrogens (tertiary/aromatic N) is 3. The normalized spacial score (nSPS) is 11.1. The van der Waals surface area contributed by atoms with Gasteiger partial charge in [0, 0.05) is 22.7 Å². The third kappa shape index (κ3) is 4.73.